The zero-order valence-electron chi connectivity index (χ0n) is 45.8. The van der Waals surface area contributed by atoms with Crippen LogP contribution in [-0.4, -0.2) is 95.4 Å². The Kier molecular flexibility index (Phi) is 46.3. The molecule has 1 fully saturated rings. The van der Waals surface area contributed by atoms with Gasteiger partial charge in [-0.3, -0.25) is 9.35 Å². The molecule has 1 saturated heterocycles. The van der Waals surface area contributed by atoms with E-state index in [0.717, 1.165) is 38.5 Å². The summed E-state index contributed by atoms with van der Waals surface area (Å²) in [6.45, 7) is 3.44. The van der Waals surface area contributed by atoms with E-state index in [1.165, 1.54) is 231 Å². The van der Waals surface area contributed by atoms with Gasteiger partial charge >= 0.3 is 10.4 Å². The molecule has 1 amide bonds. The number of unbranched alkanes of at least 4 members (excludes halogenated alkanes) is 41. The first-order valence-electron chi connectivity index (χ1n) is 30.1. The van der Waals surface area contributed by atoms with E-state index in [1.54, 1.807) is 6.08 Å². The number of carbonyl (C=O) groups excluding carboxylic acids is 1. The van der Waals surface area contributed by atoms with Crippen molar-refractivity contribution in [3.63, 3.8) is 0 Å². The summed E-state index contributed by atoms with van der Waals surface area (Å²) in [6, 6.07) is -0.940. The van der Waals surface area contributed by atoms with Gasteiger partial charge in [-0.2, -0.15) is 8.42 Å². The maximum atomic E-state index is 13.1. The number of ether oxygens (including phenoxy) is 2. The molecule has 1 aliphatic rings. The monoisotopic (exact) mass is 1030 g/mol. The third kappa shape index (κ3) is 40.8. The minimum Gasteiger partial charge on any atom is -0.394 e. The Morgan fingerprint density at radius 3 is 1.23 bits per heavy atom. The van der Waals surface area contributed by atoms with Gasteiger partial charge in [0.1, 0.15) is 24.4 Å². The van der Waals surface area contributed by atoms with Gasteiger partial charge in [-0.15, -0.1) is 0 Å². The summed E-state index contributed by atoms with van der Waals surface area (Å²) >= 11 is 0. The molecular weight excluding hydrogens is 919 g/mol. The Balaban J connectivity index is 2.32. The van der Waals surface area contributed by atoms with E-state index in [0.29, 0.717) is 6.42 Å². The molecule has 0 bridgehead atoms. The van der Waals surface area contributed by atoms with Crippen LogP contribution in [-0.2, 0) is 28.9 Å². The second kappa shape index (κ2) is 48.5. The van der Waals surface area contributed by atoms with Crippen molar-refractivity contribution in [3.8, 4) is 0 Å². The van der Waals surface area contributed by atoms with Gasteiger partial charge in [0.2, 0.25) is 5.91 Å². The van der Waals surface area contributed by atoms with Gasteiger partial charge in [0.25, 0.3) is 0 Å². The highest BCUT2D eigenvalue weighted by molar-refractivity contribution is 7.80. The molecule has 1 rings (SSSR count). The van der Waals surface area contributed by atoms with Crippen LogP contribution in [0, 0.1) is 0 Å². The molecule has 7 unspecified atom stereocenters. The van der Waals surface area contributed by atoms with Crippen LogP contribution in [0.4, 0.5) is 0 Å². The smallest absolute Gasteiger partial charge is 0.394 e. The lowest BCUT2D eigenvalue weighted by Crippen LogP contribution is -2.61. The second-order valence-electron chi connectivity index (χ2n) is 21.3. The van der Waals surface area contributed by atoms with Crippen LogP contribution in [0.3, 0.4) is 0 Å². The molecule has 0 aliphatic carbocycles. The van der Waals surface area contributed by atoms with Crippen molar-refractivity contribution in [1.82, 2.24) is 5.32 Å². The summed E-state index contributed by atoms with van der Waals surface area (Å²) in [5.41, 5.74) is 0. The minimum atomic E-state index is -5.09. The van der Waals surface area contributed by atoms with Crippen molar-refractivity contribution >= 4 is 16.3 Å². The number of carbonyl (C=O) groups is 1. The average molecular weight is 1030 g/mol. The van der Waals surface area contributed by atoms with E-state index in [4.69, 9.17) is 9.47 Å². The fourth-order valence-electron chi connectivity index (χ4n) is 9.93. The van der Waals surface area contributed by atoms with Crippen molar-refractivity contribution < 1.29 is 51.8 Å². The summed E-state index contributed by atoms with van der Waals surface area (Å²) in [4.78, 5) is 13.1. The van der Waals surface area contributed by atoms with E-state index < -0.39 is 59.9 Å². The molecule has 0 saturated carbocycles. The SMILES string of the molecule is CCCCCCCCCCCCCCCCCC/C=C/C(O)C(COC1OC(CO)C(O)C(OS(=O)(=O)O)C1O)NC(=O)CCCCCCCCCCCCCCCCCCCCCCCCCCCC. The van der Waals surface area contributed by atoms with Crippen molar-refractivity contribution in [2.45, 2.75) is 339 Å². The summed E-state index contributed by atoms with van der Waals surface area (Å²) < 4.78 is 47.9. The van der Waals surface area contributed by atoms with E-state index in [1.807, 2.05) is 6.08 Å². The van der Waals surface area contributed by atoms with Crippen LogP contribution in [0.1, 0.15) is 296 Å². The number of aliphatic hydroxyl groups excluding tert-OH is 4. The number of rotatable bonds is 53. The molecule has 13 heteroatoms. The minimum absolute atomic E-state index is 0.255. The zero-order valence-corrected chi connectivity index (χ0v) is 46.6. The quantitative estimate of drug-likeness (QED) is 0.0193. The lowest BCUT2D eigenvalue weighted by atomic mass is 9.99. The highest BCUT2D eigenvalue weighted by Crippen LogP contribution is 2.26. The molecule has 0 radical (unpaired) electrons. The Hall–Kier alpha value is -1.16. The maximum Gasteiger partial charge on any atom is 0.397 e. The second-order valence-corrected chi connectivity index (χ2v) is 22.4. The van der Waals surface area contributed by atoms with Crippen molar-refractivity contribution in [2.24, 2.45) is 0 Å². The summed E-state index contributed by atoms with van der Waals surface area (Å²) in [5.74, 6) is -0.255. The molecule has 422 valence electrons. The average Bonchev–Trinajstić information content (AvgIpc) is 3.34. The molecule has 7 atom stereocenters. The fourth-order valence-corrected chi connectivity index (χ4v) is 10.4. The molecule has 71 heavy (non-hydrogen) atoms. The van der Waals surface area contributed by atoms with Crippen LogP contribution in [0.2, 0.25) is 0 Å². The van der Waals surface area contributed by atoms with Gasteiger partial charge in [0.15, 0.2) is 6.29 Å². The van der Waals surface area contributed by atoms with Crippen molar-refractivity contribution in [3.05, 3.63) is 12.2 Å². The number of nitrogens with one attached hydrogen (secondary N) is 1. The van der Waals surface area contributed by atoms with Gasteiger partial charge in [-0.05, 0) is 19.3 Å². The van der Waals surface area contributed by atoms with Gasteiger partial charge in [-0.25, -0.2) is 4.18 Å². The van der Waals surface area contributed by atoms with E-state index >= 15 is 0 Å². The number of hydrogen-bond donors (Lipinski definition) is 6. The number of hydrogen-bond acceptors (Lipinski definition) is 10. The highest BCUT2D eigenvalue weighted by atomic mass is 32.3. The van der Waals surface area contributed by atoms with Gasteiger partial charge < -0.3 is 35.2 Å². The van der Waals surface area contributed by atoms with Crippen molar-refractivity contribution in [1.29, 1.82) is 0 Å². The highest BCUT2D eigenvalue weighted by Gasteiger charge is 2.48. The molecule has 1 aliphatic heterocycles. The summed E-state index contributed by atoms with van der Waals surface area (Å²) in [7, 11) is -5.09. The normalized spacial score (nSPS) is 19.5. The first kappa shape index (κ1) is 67.9. The fraction of sp³-hybridized carbons (Fsp3) is 0.948. The molecule has 0 aromatic rings. The third-order valence-corrected chi connectivity index (χ3v) is 15.0. The topological polar surface area (TPSA) is 192 Å². The number of aliphatic hydroxyl groups is 4. The zero-order chi connectivity index (χ0) is 51.9. The van der Waals surface area contributed by atoms with Crippen LogP contribution in [0.25, 0.3) is 0 Å². The summed E-state index contributed by atoms with van der Waals surface area (Å²) in [6.07, 6.45) is 49.8. The lowest BCUT2D eigenvalue weighted by molar-refractivity contribution is -0.298. The number of amides is 1. The standard InChI is InChI=1S/C58H113NO11S/c1-3-5-7-9-11-13-15-17-19-21-23-24-25-26-27-28-29-30-32-34-36-38-40-42-44-46-48-54(62)59-51(50-68-58-56(64)57(70-71(65,66)67)55(63)53(49-60)69-58)52(61)47-45-43-41-39-37-35-33-31-22-20-18-16-14-12-10-8-6-4-2/h45,47,51-53,55-58,60-61,63-64H,3-44,46,48-50H2,1-2H3,(H,59,62)(H,65,66,67)/b47-45+. The first-order chi connectivity index (χ1) is 34.5. The van der Waals surface area contributed by atoms with Crippen LogP contribution in [0.15, 0.2) is 12.2 Å². The Bertz CT molecular complexity index is 1310. The largest absolute Gasteiger partial charge is 0.397 e. The third-order valence-electron chi connectivity index (χ3n) is 14.6. The predicted octanol–water partition coefficient (Wildman–Crippen LogP) is 14.2. The van der Waals surface area contributed by atoms with Crippen LogP contribution < -0.4 is 5.32 Å². The number of allylic oxidation sites excluding steroid dienone is 1. The molecule has 0 aromatic heterocycles. The predicted molar refractivity (Wildman–Crippen MR) is 292 cm³/mol. The Labute approximate surface area is 436 Å². The van der Waals surface area contributed by atoms with E-state index in [-0.39, 0.29) is 18.9 Å². The van der Waals surface area contributed by atoms with Crippen molar-refractivity contribution in [2.75, 3.05) is 13.2 Å². The van der Waals surface area contributed by atoms with E-state index in [9.17, 15) is 38.2 Å². The van der Waals surface area contributed by atoms with Crippen LogP contribution in [0.5, 0.6) is 0 Å². The molecular formula is C58H113NO11S. The van der Waals surface area contributed by atoms with Gasteiger partial charge in [-0.1, -0.05) is 283 Å². The Morgan fingerprint density at radius 2 is 0.887 bits per heavy atom. The van der Waals surface area contributed by atoms with Gasteiger partial charge in [0.05, 0.1) is 25.4 Å². The Morgan fingerprint density at radius 1 is 0.549 bits per heavy atom. The van der Waals surface area contributed by atoms with Crippen LogP contribution >= 0.6 is 0 Å². The lowest BCUT2D eigenvalue weighted by Gasteiger charge is -2.41. The maximum absolute atomic E-state index is 13.1. The summed E-state index contributed by atoms with van der Waals surface area (Å²) in [5, 5.41) is 45.0. The first-order valence-corrected chi connectivity index (χ1v) is 31.4. The molecule has 1 heterocycles. The van der Waals surface area contributed by atoms with Gasteiger partial charge in [0, 0.05) is 6.42 Å². The molecule has 12 nitrogen and oxygen atoms in total. The molecule has 0 aromatic carbocycles. The van der Waals surface area contributed by atoms with E-state index in [2.05, 4.69) is 23.3 Å². The molecule has 6 N–H and O–H groups in total. The molecule has 0 spiro atoms.